The number of nitrogens with zero attached hydrogens (tertiary/aromatic N) is 1. The summed E-state index contributed by atoms with van der Waals surface area (Å²) in [6.07, 6.45) is 10.6. The van der Waals surface area contributed by atoms with Crippen LogP contribution in [0.1, 0.15) is 76.1 Å². The second kappa shape index (κ2) is 8.50. The fourth-order valence-corrected chi connectivity index (χ4v) is 3.87. The highest BCUT2D eigenvalue weighted by atomic mass is 16.5. The van der Waals surface area contributed by atoms with Crippen LogP contribution in [0.15, 0.2) is 18.2 Å². The van der Waals surface area contributed by atoms with Gasteiger partial charge in [0.05, 0.1) is 23.6 Å². The molecule has 1 heterocycles. The highest BCUT2D eigenvalue weighted by Crippen LogP contribution is 2.26. The molecule has 0 radical (unpaired) electrons. The third-order valence-corrected chi connectivity index (χ3v) is 5.40. The summed E-state index contributed by atoms with van der Waals surface area (Å²) in [5, 5.41) is 0. The topological polar surface area (TPSA) is 55.0 Å². The molecule has 1 fully saturated rings. The van der Waals surface area contributed by atoms with E-state index in [9.17, 15) is 4.79 Å². The minimum atomic E-state index is -0.248. The number of hydrogen-bond donors (Lipinski definition) is 1. The van der Waals surface area contributed by atoms with Gasteiger partial charge in [-0.15, -0.1) is 0 Å². The fraction of sp³-hybridized carbons (Fsp3) is 0.619. The summed E-state index contributed by atoms with van der Waals surface area (Å²) in [6, 6.07) is 6.05. The lowest BCUT2D eigenvalue weighted by Gasteiger charge is -2.18. The van der Waals surface area contributed by atoms with Gasteiger partial charge in [-0.2, -0.15) is 0 Å². The smallest absolute Gasteiger partial charge is 0.313 e. The summed E-state index contributed by atoms with van der Waals surface area (Å²) in [5.41, 5.74) is 2.99. The van der Waals surface area contributed by atoms with E-state index in [-0.39, 0.29) is 11.9 Å². The number of fused-ring (bicyclic) bond motifs is 1. The molecule has 2 aromatic rings. The molecular formula is C21H30N2O2. The molecule has 1 atom stereocenters. The molecule has 136 valence electrons. The van der Waals surface area contributed by atoms with Crippen molar-refractivity contribution in [1.29, 1.82) is 0 Å². The summed E-state index contributed by atoms with van der Waals surface area (Å²) >= 11 is 0. The second-order valence-electron chi connectivity index (χ2n) is 7.35. The Labute approximate surface area is 150 Å². The van der Waals surface area contributed by atoms with Gasteiger partial charge in [-0.3, -0.25) is 4.79 Å². The lowest BCUT2D eigenvalue weighted by molar-refractivity contribution is -0.144. The number of aromatic nitrogens is 2. The van der Waals surface area contributed by atoms with Crippen molar-refractivity contribution in [2.45, 2.75) is 71.1 Å². The molecule has 0 amide bonds. The zero-order chi connectivity index (χ0) is 17.6. The van der Waals surface area contributed by atoms with Crippen LogP contribution in [0, 0.1) is 5.92 Å². The average molecular weight is 342 g/mol. The lowest BCUT2D eigenvalue weighted by Crippen LogP contribution is -2.12. The van der Waals surface area contributed by atoms with Crippen LogP contribution in [0.4, 0.5) is 0 Å². The number of rotatable bonds is 5. The third-order valence-electron chi connectivity index (χ3n) is 5.40. The zero-order valence-corrected chi connectivity index (χ0v) is 15.5. The van der Waals surface area contributed by atoms with Gasteiger partial charge in [-0.25, -0.2) is 4.98 Å². The van der Waals surface area contributed by atoms with Crippen molar-refractivity contribution in [2.75, 3.05) is 6.61 Å². The molecule has 1 aliphatic rings. The molecule has 0 bridgehead atoms. The predicted molar refractivity (Wildman–Crippen MR) is 101 cm³/mol. The van der Waals surface area contributed by atoms with E-state index in [0.29, 0.717) is 6.61 Å². The Morgan fingerprint density at radius 1 is 1.24 bits per heavy atom. The van der Waals surface area contributed by atoms with E-state index in [0.717, 1.165) is 34.8 Å². The fourth-order valence-electron chi connectivity index (χ4n) is 3.87. The van der Waals surface area contributed by atoms with Gasteiger partial charge < -0.3 is 9.72 Å². The molecule has 4 heteroatoms. The summed E-state index contributed by atoms with van der Waals surface area (Å²) < 4.78 is 5.13. The summed E-state index contributed by atoms with van der Waals surface area (Å²) in [4.78, 5) is 20.2. The zero-order valence-electron chi connectivity index (χ0n) is 15.5. The van der Waals surface area contributed by atoms with Crippen molar-refractivity contribution < 1.29 is 9.53 Å². The number of aromatic amines is 1. The Kier molecular flexibility index (Phi) is 6.11. The van der Waals surface area contributed by atoms with Gasteiger partial charge in [0.25, 0.3) is 0 Å². The molecule has 1 aliphatic carbocycles. The van der Waals surface area contributed by atoms with E-state index in [1.807, 2.05) is 32.0 Å². The molecule has 1 saturated carbocycles. The Morgan fingerprint density at radius 3 is 2.68 bits per heavy atom. The lowest BCUT2D eigenvalue weighted by atomic mass is 9.89. The summed E-state index contributed by atoms with van der Waals surface area (Å²) in [6.45, 7) is 4.15. The highest BCUT2D eigenvalue weighted by Gasteiger charge is 2.18. The quantitative estimate of drug-likeness (QED) is 0.766. The number of nitrogens with one attached hydrogen (secondary N) is 1. The van der Waals surface area contributed by atoms with Crippen molar-refractivity contribution in [3.63, 3.8) is 0 Å². The van der Waals surface area contributed by atoms with Gasteiger partial charge in [-0.1, -0.05) is 51.0 Å². The van der Waals surface area contributed by atoms with Crippen LogP contribution < -0.4 is 0 Å². The molecule has 1 unspecified atom stereocenters. The van der Waals surface area contributed by atoms with Crippen molar-refractivity contribution >= 4 is 17.0 Å². The largest absolute Gasteiger partial charge is 0.466 e. The maximum Gasteiger partial charge on any atom is 0.313 e. The third kappa shape index (κ3) is 4.62. The van der Waals surface area contributed by atoms with Crippen LogP contribution in [0.3, 0.4) is 0 Å². The first-order valence-corrected chi connectivity index (χ1v) is 9.82. The van der Waals surface area contributed by atoms with Crippen LogP contribution in [0.5, 0.6) is 0 Å². The molecule has 1 N–H and O–H groups in total. The second-order valence-corrected chi connectivity index (χ2v) is 7.35. The Balaban J connectivity index is 1.72. The molecule has 0 spiro atoms. The molecule has 25 heavy (non-hydrogen) atoms. The minimum Gasteiger partial charge on any atom is -0.466 e. The first-order chi connectivity index (χ1) is 12.2. The SMILES string of the molecule is CCOC(=O)C(C)c1ccc2nc(CC3CCCCCCC3)[nH]c2c1. The number of hydrogen-bond acceptors (Lipinski definition) is 3. The number of benzene rings is 1. The molecule has 3 rings (SSSR count). The van der Waals surface area contributed by atoms with E-state index in [4.69, 9.17) is 9.72 Å². The standard InChI is InChI=1S/C21H30N2O2/c1-3-25-21(24)15(2)17-11-12-18-19(14-17)23-20(22-18)13-16-9-7-5-4-6-8-10-16/h11-12,14-16H,3-10,13H2,1-2H3,(H,22,23). The Morgan fingerprint density at radius 2 is 1.96 bits per heavy atom. The molecule has 0 saturated heterocycles. The van der Waals surface area contributed by atoms with Crippen LogP contribution in [-0.4, -0.2) is 22.5 Å². The van der Waals surface area contributed by atoms with E-state index in [1.165, 1.54) is 44.9 Å². The summed E-state index contributed by atoms with van der Waals surface area (Å²) in [5.74, 6) is 1.41. The van der Waals surface area contributed by atoms with Gasteiger partial charge in [0.2, 0.25) is 0 Å². The number of H-pyrrole nitrogens is 1. The van der Waals surface area contributed by atoms with Crippen molar-refractivity contribution in [1.82, 2.24) is 9.97 Å². The van der Waals surface area contributed by atoms with Crippen LogP contribution in [0.2, 0.25) is 0 Å². The normalized spacial score (nSPS) is 17.8. The number of imidazole rings is 1. The van der Waals surface area contributed by atoms with Gasteiger partial charge in [0.1, 0.15) is 5.82 Å². The Bertz CT molecular complexity index is 699. The number of carbonyl (C=O) groups excluding carboxylic acids is 1. The summed E-state index contributed by atoms with van der Waals surface area (Å²) in [7, 11) is 0. The van der Waals surface area contributed by atoms with Crippen molar-refractivity contribution in [3.05, 3.63) is 29.6 Å². The van der Waals surface area contributed by atoms with Crippen LogP contribution in [0.25, 0.3) is 11.0 Å². The maximum atomic E-state index is 12.0. The first kappa shape index (κ1) is 18.0. The molecule has 1 aromatic carbocycles. The maximum absolute atomic E-state index is 12.0. The molecule has 1 aromatic heterocycles. The minimum absolute atomic E-state index is 0.170. The highest BCUT2D eigenvalue weighted by molar-refractivity contribution is 5.81. The van der Waals surface area contributed by atoms with Gasteiger partial charge in [0, 0.05) is 6.42 Å². The van der Waals surface area contributed by atoms with E-state index < -0.39 is 0 Å². The molecular weight excluding hydrogens is 312 g/mol. The van der Waals surface area contributed by atoms with E-state index >= 15 is 0 Å². The van der Waals surface area contributed by atoms with E-state index in [2.05, 4.69) is 4.98 Å². The van der Waals surface area contributed by atoms with Gasteiger partial charge >= 0.3 is 5.97 Å². The average Bonchev–Trinajstić information content (AvgIpc) is 2.98. The predicted octanol–water partition coefficient (Wildman–Crippen LogP) is 5.13. The van der Waals surface area contributed by atoms with E-state index in [1.54, 1.807) is 0 Å². The number of carbonyl (C=O) groups is 1. The van der Waals surface area contributed by atoms with Gasteiger partial charge in [-0.05, 0) is 37.5 Å². The monoisotopic (exact) mass is 342 g/mol. The van der Waals surface area contributed by atoms with Crippen molar-refractivity contribution in [2.24, 2.45) is 5.92 Å². The van der Waals surface area contributed by atoms with Crippen molar-refractivity contribution in [3.8, 4) is 0 Å². The first-order valence-electron chi connectivity index (χ1n) is 9.82. The number of ether oxygens (including phenoxy) is 1. The Hall–Kier alpha value is -1.84. The number of esters is 1. The molecule has 0 aliphatic heterocycles. The van der Waals surface area contributed by atoms with Crippen LogP contribution in [-0.2, 0) is 16.0 Å². The van der Waals surface area contributed by atoms with Gasteiger partial charge in [0.15, 0.2) is 0 Å². The molecule has 4 nitrogen and oxygen atoms in total. The van der Waals surface area contributed by atoms with Crippen LogP contribution >= 0.6 is 0 Å².